The Hall–Kier alpha value is -1.32. The summed E-state index contributed by atoms with van der Waals surface area (Å²) in [7, 11) is 1.65. The van der Waals surface area contributed by atoms with Crippen LogP contribution in [0.3, 0.4) is 0 Å². The molecule has 17 heavy (non-hydrogen) atoms. The first-order valence-electron chi connectivity index (χ1n) is 6.21. The van der Waals surface area contributed by atoms with Crippen LogP contribution >= 0.6 is 0 Å². The molecule has 1 aromatic heterocycles. The summed E-state index contributed by atoms with van der Waals surface area (Å²) in [5.41, 5.74) is 3.13. The molecule has 0 spiro atoms. The van der Waals surface area contributed by atoms with Gasteiger partial charge in [0.15, 0.2) is 5.69 Å². The van der Waals surface area contributed by atoms with Gasteiger partial charge < -0.3 is 5.32 Å². The summed E-state index contributed by atoms with van der Waals surface area (Å²) in [4.78, 5) is 11.7. The van der Waals surface area contributed by atoms with E-state index in [1.807, 2.05) is 0 Å². The van der Waals surface area contributed by atoms with Crippen molar-refractivity contribution in [2.24, 2.45) is 11.3 Å². The SMILES string of the molecule is CNC(=O)c1n[nH]c2c1C[C@@H](C(C)(C)C)CC2. The number of nitrogens with zero attached hydrogens (tertiary/aromatic N) is 1. The molecule has 0 saturated carbocycles. The fourth-order valence-electron chi connectivity index (χ4n) is 2.54. The number of amides is 1. The molecule has 0 aromatic carbocycles. The van der Waals surface area contributed by atoms with Crippen LogP contribution in [0.2, 0.25) is 0 Å². The van der Waals surface area contributed by atoms with Crippen LogP contribution in [0, 0.1) is 11.3 Å². The average Bonchev–Trinajstić information content (AvgIpc) is 2.69. The molecule has 2 rings (SSSR count). The van der Waals surface area contributed by atoms with Crippen molar-refractivity contribution in [2.75, 3.05) is 7.05 Å². The summed E-state index contributed by atoms with van der Waals surface area (Å²) in [5.74, 6) is 0.535. The number of hydrogen-bond acceptors (Lipinski definition) is 2. The van der Waals surface area contributed by atoms with E-state index in [4.69, 9.17) is 0 Å². The number of carbonyl (C=O) groups is 1. The highest BCUT2D eigenvalue weighted by molar-refractivity contribution is 5.93. The third-order valence-corrected chi connectivity index (χ3v) is 3.81. The molecule has 0 radical (unpaired) electrons. The first kappa shape index (κ1) is 12.1. The van der Waals surface area contributed by atoms with Gasteiger partial charge >= 0.3 is 0 Å². The summed E-state index contributed by atoms with van der Waals surface area (Å²) in [6, 6.07) is 0. The van der Waals surface area contributed by atoms with Crippen LogP contribution in [-0.2, 0) is 12.8 Å². The van der Waals surface area contributed by atoms with Crippen molar-refractivity contribution in [1.29, 1.82) is 0 Å². The van der Waals surface area contributed by atoms with Gasteiger partial charge in [-0.25, -0.2) is 0 Å². The zero-order valence-electron chi connectivity index (χ0n) is 11.1. The Kier molecular flexibility index (Phi) is 2.98. The summed E-state index contributed by atoms with van der Waals surface area (Å²) in [6.45, 7) is 6.80. The van der Waals surface area contributed by atoms with Crippen LogP contribution in [0.15, 0.2) is 0 Å². The topological polar surface area (TPSA) is 57.8 Å². The van der Waals surface area contributed by atoms with Gasteiger partial charge in [0.25, 0.3) is 5.91 Å². The number of fused-ring (bicyclic) bond motifs is 1. The third kappa shape index (κ3) is 2.21. The third-order valence-electron chi connectivity index (χ3n) is 3.81. The molecule has 0 saturated heterocycles. The summed E-state index contributed by atoms with van der Waals surface area (Å²) >= 11 is 0. The molecule has 0 unspecified atom stereocenters. The molecule has 1 heterocycles. The summed E-state index contributed by atoms with van der Waals surface area (Å²) < 4.78 is 0. The molecular weight excluding hydrogens is 214 g/mol. The molecule has 4 heteroatoms. The summed E-state index contributed by atoms with van der Waals surface area (Å²) in [6.07, 6.45) is 3.13. The smallest absolute Gasteiger partial charge is 0.271 e. The highest BCUT2D eigenvalue weighted by atomic mass is 16.1. The van der Waals surface area contributed by atoms with Crippen molar-refractivity contribution in [3.05, 3.63) is 17.0 Å². The predicted octanol–water partition coefficient (Wildman–Crippen LogP) is 1.92. The minimum absolute atomic E-state index is 0.0861. The van der Waals surface area contributed by atoms with Gasteiger partial charge in [0.1, 0.15) is 0 Å². The van der Waals surface area contributed by atoms with E-state index in [1.54, 1.807) is 7.05 Å². The minimum atomic E-state index is -0.0861. The first-order chi connectivity index (χ1) is 7.93. The van der Waals surface area contributed by atoms with Crippen molar-refractivity contribution >= 4 is 5.91 Å². The Morgan fingerprint density at radius 2 is 2.18 bits per heavy atom. The Morgan fingerprint density at radius 1 is 1.47 bits per heavy atom. The maximum atomic E-state index is 11.7. The zero-order valence-corrected chi connectivity index (χ0v) is 11.1. The lowest BCUT2D eigenvalue weighted by Crippen LogP contribution is -2.28. The van der Waals surface area contributed by atoms with Crippen molar-refractivity contribution in [1.82, 2.24) is 15.5 Å². The molecule has 2 N–H and O–H groups in total. The molecule has 1 aromatic rings. The van der Waals surface area contributed by atoms with Gasteiger partial charge in [0, 0.05) is 18.3 Å². The normalized spacial score (nSPS) is 19.9. The Labute approximate surface area is 102 Å². The fraction of sp³-hybridized carbons (Fsp3) is 0.692. The maximum absolute atomic E-state index is 11.7. The number of rotatable bonds is 1. The molecule has 1 aliphatic carbocycles. The van der Waals surface area contributed by atoms with E-state index in [1.165, 1.54) is 6.42 Å². The van der Waals surface area contributed by atoms with E-state index >= 15 is 0 Å². The molecule has 1 aliphatic rings. The average molecular weight is 235 g/mol. The maximum Gasteiger partial charge on any atom is 0.271 e. The van der Waals surface area contributed by atoms with Crippen LogP contribution in [0.1, 0.15) is 48.9 Å². The number of H-pyrrole nitrogens is 1. The van der Waals surface area contributed by atoms with Crippen LogP contribution in [0.4, 0.5) is 0 Å². The van der Waals surface area contributed by atoms with Crippen molar-refractivity contribution in [3.63, 3.8) is 0 Å². The monoisotopic (exact) mass is 235 g/mol. The van der Waals surface area contributed by atoms with Crippen molar-refractivity contribution in [2.45, 2.75) is 40.0 Å². The van der Waals surface area contributed by atoms with Gasteiger partial charge in [-0.3, -0.25) is 9.89 Å². The molecule has 0 aliphatic heterocycles. The second kappa shape index (κ2) is 4.17. The zero-order chi connectivity index (χ0) is 12.6. The van der Waals surface area contributed by atoms with Gasteiger partial charge in [-0.15, -0.1) is 0 Å². The van der Waals surface area contributed by atoms with Gasteiger partial charge in [-0.05, 0) is 30.6 Å². The van der Waals surface area contributed by atoms with Crippen LogP contribution < -0.4 is 5.32 Å². The molecule has 4 nitrogen and oxygen atoms in total. The Bertz CT molecular complexity index is 428. The van der Waals surface area contributed by atoms with E-state index < -0.39 is 0 Å². The number of aryl methyl sites for hydroxylation is 1. The lowest BCUT2D eigenvalue weighted by atomic mass is 9.71. The Morgan fingerprint density at radius 3 is 2.76 bits per heavy atom. The second-order valence-electron chi connectivity index (χ2n) is 5.91. The number of aromatic amines is 1. The minimum Gasteiger partial charge on any atom is -0.354 e. The molecule has 94 valence electrons. The van der Waals surface area contributed by atoms with E-state index in [0.717, 1.165) is 24.1 Å². The van der Waals surface area contributed by atoms with E-state index in [2.05, 4.69) is 36.3 Å². The highest BCUT2D eigenvalue weighted by Crippen LogP contribution is 2.37. The quantitative estimate of drug-likeness (QED) is 0.781. The predicted molar refractivity (Wildman–Crippen MR) is 66.9 cm³/mol. The number of aromatic nitrogens is 2. The second-order valence-corrected chi connectivity index (χ2v) is 5.91. The van der Waals surface area contributed by atoms with Crippen molar-refractivity contribution in [3.8, 4) is 0 Å². The Balaban J connectivity index is 2.29. The van der Waals surface area contributed by atoms with Crippen LogP contribution in [0.25, 0.3) is 0 Å². The highest BCUT2D eigenvalue weighted by Gasteiger charge is 2.32. The fourth-order valence-corrected chi connectivity index (χ4v) is 2.54. The lowest BCUT2D eigenvalue weighted by molar-refractivity contribution is 0.0956. The lowest BCUT2D eigenvalue weighted by Gasteiger charge is -2.33. The van der Waals surface area contributed by atoms with Crippen LogP contribution in [0.5, 0.6) is 0 Å². The number of hydrogen-bond donors (Lipinski definition) is 2. The van der Waals surface area contributed by atoms with E-state index in [0.29, 0.717) is 11.6 Å². The van der Waals surface area contributed by atoms with Gasteiger partial charge in [-0.2, -0.15) is 5.10 Å². The number of carbonyl (C=O) groups excluding carboxylic acids is 1. The molecule has 1 atom stereocenters. The molecule has 0 bridgehead atoms. The van der Waals surface area contributed by atoms with Gasteiger partial charge in [-0.1, -0.05) is 20.8 Å². The largest absolute Gasteiger partial charge is 0.354 e. The standard InChI is InChI=1S/C13H21N3O/c1-13(2,3)8-5-6-10-9(7-8)11(16-15-10)12(17)14-4/h8H,5-7H2,1-4H3,(H,14,17)(H,15,16)/t8-/m0/s1. The van der Waals surface area contributed by atoms with E-state index in [9.17, 15) is 4.79 Å². The molecule has 0 fully saturated rings. The van der Waals surface area contributed by atoms with Gasteiger partial charge in [0.05, 0.1) is 0 Å². The van der Waals surface area contributed by atoms with Gasteiger partial charge in [0.2, 0.25) is 0 Å². The first-order valence-corrected chi connectivity index (χ1v) is 6.21. The van der Waals surface area contributed by atoms with E-state index in [-0.39, 0.29) is 11.3 Å². The van der Waals surface area contributed by atoms with Crippen molar-refractivity contribution < 1.29 is 4.79 Å². The molecule has 1 amide bonds. The summed E-state index contributed by atoms with van der Waals surface area (Å²) in [5, 5.41) is 9.80. The van der Waals surface area contributed by atoms with Crippen LogP contribution in [-0.4, -0.2) is 23.2 Å². The number of nitrogens with one attached hydrogen (secondary N) is 2. The molecular formula is C13H21N3O.